The summed E-state index contributed by atoms with van der Waals surface area (Å²) in [6.07, 6.45) is 8.45. The van der Waals surface area contributed by atoms with Crippen LogP contribution >= 0.6 is 0 Å². The van der Waals surface area contributed by atoms with Crippen molar-refractivity contribution in [3.63, 3.8) is 0 Å². The number of H-pyrrole nitrogens is 1. The van der Waals surface area contributed by atoms with Crippen molar-refractivity contribution in [3.05, 3.63) is 12.5 Å². The number of nitrogens with zero attached hydrogens (tertiary/aromatic N) is 2. The minimum atomic E-state index is -3.59. The van der Waals surface area contributed by atoms with Gasteiger partial charge in [-0.2, -0.15) is 4.31 Å². The molecular formula is C16H26N4O3S. The highest BCUT2D eigenvalue weighted by Crippen LogP contribution is 2.26. The predicted molar refractivity (Wildman–Crippen MR) is 89.6 cm³/mol. The van der Waals surface area contributed by atoms with E-state index < -0.39 is 10.0 Å². The fourth-order valence-corrected chi connectivity index (χ4v) is 5.04. The van der Waals surface area contributed by atoms with Crippen LogP contribution in [0.15, 0.2) is 17.6 Å². The van der Waals surface area contributed by atoms with Crippen molar-refractivity contribution in [1.29, 1.82) is 0 Å². The number of hydrogen-bond donors (Lipinski definition) is 2. The molecule has 134 valence electrons. The standard InChI is InChI=1S/C16H26N4O3S/c1-12-4-6-14(7-5-12)19-16(21)13-3-2-8-20(10-13)24(22,23)15-9-17-11-18-15/h9,11-14H,2-8,10H2,1H3,(H,17,18)(H,19,21). The maximum absolute atomic E-state index is 12.6. The molecule has 1 aromatic rings. The van der Waals surface area contributed by atoms with E-state index in [-0.39, 0.29) is 29.4 Å². The molecule has 0 bridgehead atoms. The normalized spacial score (nSPS) is 29.3. The van der Waals surface area contributed by atoms with Crippen LogP contribution in [0.3, 0.4) is 0 Å². The minimum absolute atomic E-state index is 0.000867. The molecule has 2 aliphatic rings. The van der Waals surface area contributed by atoms with Gasteiger partial charge in [0.1, 0.15) is 0 Å². The molecule has 8 heteroatoms. The van der Waals surface area contributed by atoms with Crippen LogP contribution in [-0.2, 0) is 14.8 Å². The van der Waals surface area contributed by atoms with E-state index in [0.29, 0.717) is 13.0 Å². The Morgan fingerprint density at radius 3 is 2.71 bits per heavy atom. The quantitative estimate of drug-likeness (QED) is 0.857. The van der Waals surface area contributed by atoms with E-state index in [4.69, 9.17) is 0 Å². The van der Waals surface area contributed by atoms with Crippen molar-refractivity contribution in [2.75, 3.05) is 13.1 Å². The van der Waals surface area contributed by atoms with Crippen LogP contribution in [0, 0.1) is 11.8 Å². The van der Waals surface area contributed by atoms with Gasteiger partial charge in [-0.3, -0.25) is 4.79 Å². The Morgan fingerprint density at radius 2 is 2.04 bits per heavy atom. The van der Waals surface area contributed by atoms with E-state index in [9.17, 15) is 13.2 Å². The zero-order valence-electron chi connectivity index (χ0n) is 14.1. The average Bonchev–Trinajstić information content (AvgIpc) is 3.12. The fourth-order valence-electron chi connectivity index (χ4n) is 3.62. The van der Waals surface area contributed by atoms with E-state index in [1.54, 1.807) is 0 Å². The lowest BCUT2D eigenvalue weighted by Crippen LogP contribution is -2.48. The summed E-state index contributed by atoms with van der Waals surface area (Å²) in [4.78, 5) is 19.0. The number of hydrogen-bond acceptors (Lipinski definition) is 4. The van der Waals surface area contributed by atoms with Crippen LogP contribution in [0.1, 0.15) is 45.4 Å². The lowest BCUT2D eigenvalue weighted by Gasteiger charge is -2.33. The Kier molecular flexibility index (Phi) is 5.24. The molecule has 1 amide bonds. The molecule has 1 aliphatic carbocycles. The molecule has 1 aliphatic heterocycles. The van der Waals surface area contributed by atoms with Gasteiger partial charge in [0.2, 0.25) is 5.91 Å². The Morgan fingerprint density at radius 1 is 1.29 bits per heavy atom. The molecule has 7 nitrogen and oxygen atoms in total. The second kappa shape index (κ2) is 7.23. The zero-order chi connectivity index (χ0) is 17.2. The predicted octanol–water partition coefficient (Wildman–Crippen LogP) is 1.51. The lowest BCUT2D eigenvalue weighted by atomic mass is 9.87. The Balaban J connectivity index is 1.60. The van der Waals surface area contributed by atoms with Crippen LogP contribution in [-0.4, -0.2) is 47.7 Å². The maximum atomic E-state index is 12.6. The molecule has 1 saturated heterocycles. The van der Waals surface area contributed by atoms with Gasteiger partial charge in [-0.25, -0.2) is 13.4 Å². The summed E-state index contributed by atoms with van der Waals surface area (Å²) in [7, 11) is -3.59. The second-order valence-corrected chi connectivity index (χ2v) is 8.99. The van der Waals surface area contributed by atoms with Crippen molar-refractivity contribution < 1.29 is 13.2 Å². The van der Waals surface area contributed by atoms with Crippen LogP contribution in [0.2, 0.25) is 0 Å². The van der Waals surface area contributed by atoms with Crippen LogP contribution < -0.4 is 5.32 Å². The van der Waals surface area contributed by atoms with E-state index in [0.717, 1.165) is 38.0 Å². The summed E-state index contributed by atoms with van der Waals surface area (Å²) in [5.74, 6) is 0.470. The average molecular weight is 354 g/mol. The van der Waals surface area contributed by atoms with Gasteiger partial charge in [-0.15, -0.1) is 0 Å². The lowest BCUT2D eigenvalue weighted by molar-refractivity contribution is -0.127. The molecule has 0 aromatic carbocycles. The van der Waals surface area contributed by atoms with Gasteiger partial charge in [0.15, 0.2) is 5.03 Å². The molecule has 0 spiro atoms. The first-order chi connectivity index (χ1) is 11.5. The molecule has 1 atom stereocenters. The monoisotopic (exact) mass is 354 g/mol. The summed E-state index contributed by atoms with van der Waals surface area (Å²) in [6.45, 7) is 2.94. The van der Waals surface area contributed by atoms with Gasteiger partial charge >= 0.3 is 0 Å². The van der Waals surface area contributed by atoms with E-state index in [2.05, 4.69) is 22.2 Å². The number of sulfonamides is 1. The second-order valence-electron chi connectivity index (χ2n) is 7.08. The van der Waals surface area contributed by atoms with Gasteiger partial charge in [0.25, 0.3) is 10.0 Å². The third-order valence-electron chi connectivity index (χ3n) is 5.21. The third-order valence-corrected chi connectivity index (χ3v) is 7.00. The first-order valence-corrected chi connectivity index (χ1v) is 10.2. The van der Waals surface area contributed by atoms with Crippen molar-refractivity contribution in [2.45, 2.75) is 56.5 Å². The Hall–Kier alpha value is -1.41. The minimum Gasteiger partial charge on any atom is -0.353 e. The van der Waals surface area contributed by atoms with E-state index in [1.165, 1.54) is 16.8 Å². The number of piperidine rings is 1. The maximum Gasteiger partial charge on any atom is 0.260 e. The summed E-state index contributed by atoms with van der Waals surface area (Å²) in [5, 5.41) is 3.22. The van der Waals surface area contributed by atoms with Gasteiger partial charge in [0.05, 0.1) is 18.4 Å². The number of rotatable bonds is 4. The van der Waals surface area contributed by atoms with Gasteiger partial charge in [0, 0.05) is 19.1 Å². The number of carbonyl (C=O) groups excluding carboxylic acids is 1. The number of imidazole rings is 1. The van der Waals surface area contributed by atoms with E-state index in [1.807, 2.05) is 0 Å². The topological polar surface area (TPSA) is 95.2 Å². The third kappa shape index (κ3) is 3.80. The van der Waals surface area contributed by atoms with Crippen molar-refractivity contribution in [3.8, 4) is 0 Å². The van der Waals surface area contributed by atoms with Crippen LogP contribution in [0.25, 0.3) is 0 Å². The van der Waals surface area contributed by atoms with Crippen molar-refractivity contribution in [2.24, 2.45) is 11.8 Å². The highest BCUT2D eigenvalue weighted by molar-refractivity contribution is 7.89. The van der Waals surface area contributed by atoms with Gasteiger partial charge < -0.3 is 10.3 Å². The van der Waals surface area contributed by atoms with Crippen LogP contribution in [0.5, 0.6) is 0 Å². The summed E-state index contributed by atoms with van der Waals surface area (Å²) < 4.78 is 26.5. The first kappa shape index (κ1) is 17.4. The number of aromatic amines is 1. The number of aromatic nitrogens is 2. The molecule has 3 rings (SSSR count). The van der Waals surface area contributed by atoms with Crippen molar-refractivity contribution in [1.82, 2.24) is 19.6 Å². The SMILES string of the molecule is CC1CCC(NC(=O)C2CCCN(S(=O)(=O)c3cnc[nH]3)C2)CC1. The number of nitrogens with one attached hydrogen (secondary N) is 2. The molecule has 2 fully saturated rings. The highest BCUT2D eigenvalue weighted by Gasteiger charge is 2.34. The Bertz CT molecular complexity index is 651. The summed E-state index contributed by atoms with van der Waals surface area (Å²) in [5.41, 5.74) is 0. The molecule has 2 heterocycles. The summed E-state index contributed by atoms with van der Waals surface area (Å²) >= 11 is 0. The molecule has 1 unspecified atom stereocenters. The van der Waals surface area contributed by atoms with E-state index >= 15 is 0 Å². The fraction of sp³-hybridized carbons (Fsp3) is 0.750. The summed E-state index contributed by atoms with van der Waals surface area (Å²) in [6, 6.07) is 0.244. The molecule has 24 heavy (non-hydrogen) atoms. The first-order valence-electron chi connectivity index (χ1n) is 8.75. The molecule has 0 radical (unpaired) electrons. The van der Waals surface area contributed by atoms with Crippen molar-refractivity contribution >= 4 is 15.9 Å². The smallest absolute Gasteiger partial charge is 0.260 e. The zero-order valence-corrected chi connectivity index (χ0v) is 14.9. The largest absolute Gasteiger partial charge is 0.353 e. The molecule has 1 aromatic heterocycles. The molecule has 2 N–H and O–H groups in total. The van der Waals surface area contributed by atoms with Gasteiger partial charge in [-0.1, -0.05) is 6.92 Å². The number of amides is 1. The van der Waals surface area contributed by atoms with Crippen LogP contribution in [0.4, 0.5) is 0 Å². The highest BCUT2D eigenvalue weighted by atomic mass is 32.2. The Labute approximate surface area is 143 Å². The molecule has 1 saturated carbocycles. The molecular weight excluding hydrogens is 328 g/mol. The van der Waals surface area contributed by atoms with Gasteiger partial charge in [-0.05, 0) is 44.4 Å². The number of carbonyl (C=O) groups is 1.